The zero-order chi connectivity index (χ0) is 14.8. The van der Waals surface area contributed by atoms with Crippen molar-refractivity contribution in [1.82, 2.24) is 0 Å². The van der Waals surface area contributed by atoms with Gasteiger partial charge in [0.15, 0.2) is 0 Å². The van der Waals surface area contributed by atoms with Crippen molar-refractivity contribution >= 4 is 21.6 Å². The van der Waals surface area contributed by atoms with Crippen LogP contribution in [-0.2, 0) is 13.0 Å². The van der Waals surface area contributed by atoms with E-state index in [4.69, 9.17) is 5.73 Å². The minimum Gasteiger partial charge on any atom is -0.367 e. The van der Waals surface area contributed by atoms with Crippen LogP contribution in [0.1, 0.15) is 36.1 Å². The van der Waals surface area contributed by atoms with Crippen molar-refractivity contribution in [1.29, 1.82) is 0 Å². The maximum absolute atomic E-state index is 5.99. The van der Waals surface area contributed by atoms with Gasteiger partial charge in [0.25, 0.3) is 0 Å². The Morgan fingerprint density at radius 1 is 1.14 bits per heavy atom. The molecule has 2 aromatic carbocycles. The van der Waals surface area contributed by atoms with Crippen LogP contribution in [0.3, 0.4) is 0 Å². The summed E-state index contributed by atoms with van der Waals surface area (Å²) in [6, 6.07) is 15.4. The number of aryl methyl sites for hydroxylation is 1. The fourth-order valence-corrected chi connectivity index (χ4v) is 3.73. The summed E-state index contributed by atoms with van der Waals surface area (Å²) in [6.45, 7) is 4.10. The monoisotopic (exact) mass is 344 g/mol. The molecule has 0 amide bonds. The fraction of sp³-hybridized carbons (Fsp3) is 0.333. The van der Waals surface area contributed by atoms with E-state index >= 15 is 0 Å². The summed E-state index contributed by atoms with van der Waals surface area (Å²) < 4.78 is 1.10. The topological polar surface area (TPSA) is 29.3 Å². The first-order valence-electron chi connectivity index (χ1n) is 7.52. The van der Waals surface area contributed by atoms with Crippen LogP contribution in [0.4, 0.5) is 5.69 Å². The van der Waals surface area contributed by atoms with Crippen molar-refractivity contribution in [3.63, 3.8) is 0 Å². The lowest BCUT2D eigenvalue weighted by molar-refractivity contribution is 0.763. The molecule has 2 aromatic rings. The molecule has 3 heteroatoms. The fourth-order valence-electron chi connectivity index (χ4n) is 3.00. The minimum atomic E-state index is 0.0540. The van der Waals surface area contributed by atoms with Crippen molar-refractivity contribution < 1.29 is 0 Å². The first-order chi connectivity index (χ1) is 10.1. The molecule has 0 saturated carbocycles. The Morgan fingerprint density at radius 2 is 1.90 bits per heavy atom. The maximum Gasteiger partial charge on any atom is 0.0432 e. The molecule has 0 bridgehead atoms. The molecule has 1 heterocycles. The molecule has 110 valence electrons. The van der Waals surface area contributed by atoms with Crippen LogP contribution >= 0.6 is 15.9 Å². The van der Waals surface area contributed by atoms with Gasteiger partial charge in [-0.15, -0.1) is 0 Å². The Hall–Kier alpha value is -1.32. The largest absolute Gasteiger partial charge is 0.367 e. The van der Waals surface area contributed by atoms with Gasteiger partial charge in [0.2, 0.25) is 0 Å². The van der Waals surface area contributed by atoms with Gasteiger partial charge in [0.1, 0.15) is 0 Å². The first-order valence-corrected chi connectivity index (χ1v) is 8.31. The first kappa shape index (κ1) is 14.6. The SMILES string of the molecule is C[C@@H](N)c1ccc(N2CCCc3ccccc3C2)cc1Br. The number of anilines is 1. The van der Waals surface area contributed by atoms with Crippen molar-refractivity contribution in [3.05, 3.63) is 63.6 Å². The van der Waals surface area contributed by atoms with Crippen LogP contribution in [-0.4, -0.2) is 6.54 Å². The quantitative estimate of drug-likeness (QED) is 0.873. The number of hydrogen-bond donors (Lipinski definition) is 1. The lowest BCUT2D eigenvalue weighted by Crippen LogP contribution is -2.22. The molecule has 0 spiro atoms. The zero-order valence-corrected chi connectivity index (χ0v) is 13.9. The average molecular weight is 345 g/mol. The highest BCUT2D eigenvalue weighted by molar-refractivity contribution is 9.10. The molecule has 3 rings (SSSR count). The standard InChI is InChI=1S/C18H21BrN2/c1-13(20)17-9-8-16(11-18(17)19)21-10-4-7-14-5-2-3-6-15(14)12-21/h2-3,5-6,8-9,11,13H,4,7,10,12,20H2,1H3/t13-/m1/s1. The van der Waals surface area contributed by atoms with Crippen molar-refractivity contribution in [2.45, 2.75) is 32.4 Å². The van der Waals surface area contributed by atoms with Gasteiger partial charge >= 0.3 is 0 Å². The summed E-state index contributed by atoms with van der Waals surface area (Å²) in [6.07, 6.45) is 2.37. The van der Waals surface area contributed by atoms with E-state index in [1.54, 1.807) is 0 Å². The summed E-state index contributed by atoms with van der Waals surface area (Å²) >= 11 is 3.66. The van der Waals surface area contributed by atoms with E-state index in [1.807, 2.05) is 6.92 Å². The Morgan fingerprint density at radius 3 is 2.62 bits per heavy atom. The molecule has 1 atom stereocenters. The predicted octanol–water partition coefficient (Wildman–Crippen LogP) is 4.42. The molecule has 0 aliphatic carbocycles. The number of benzene rings is 2. The van der Waals surface area contributed by atoms with Gasteiger partial charge in [-0.2, -0.15) is 0 Å². The van der Waals surface area contributed by atoms with Gasteiger partial charge in [-0.25, -0.2) is 0 Å². The summed E-state index contributed by atoms with van der Waals surface area (Å²) in [5, 5.41) is 0. The average Bonchev–Trinajstić information content (AvgIpc) is 2.68. The minimum absolute atomic E-state index is 0.0540. The third-order valence-corrected chi connectivity index (χ3v) is 4.88. The van der Waals surface area contributed by atoms with Crippen LogP contribution in [0, 0.1) is 0 Å². The van der Waals surface area contributed by atoms with E-state index in [9.17, 15) is 0 Å². The van der Waals surface area contributed by atoms with Crippen LogP contribution in [0.2, 0.25) is 0 Å². The van der Waals surface area contributed by atoms with Crippen molar-refractivity contribution in [3.8, 4) is 0 Å². The molecule has 21 heavy (non-hydrogen) atoms. The molecular formula is C18H21BrN2. The summed E-state index contributed by atoms with van der Waals surface area (Å²) in [5.41, 5.74) is 11.4. The van der Waals surface area contributed by atoms with E-state index in [-0.39, 0.29) is 6.04 Å². The van der Waals surface area contributed by atoms with Gasteiger partial charge < -0.3 is 10.6 Å². The van der Waals surface area contributed by atoms with E-state index < -0.39 is 0 Å². The van der Waals surface area contributed by atoms with Crippen LogP contribution in [0.15, 0.2) is 46.9 Å². The highest BCUT2D eigenvalue weighted by atomic mass is 79.9. The van der Waals surface area contributed by atoms with Gasteiger partial charge in [0, 0.05) is 29.3 Å². The molecule has 0 aromatic heterocycles. The van der Waals surface area contributed by atoms with Crippen LogP contribution in [0.5, 0.6) is 0 Å². The van der Waals surface area contributed by atoms with Crippen LogP contribution in [0.25, 0.3) is 0 Å². The molecule has 2 N–H and O–H groups in total. The molecule has 0 fully saturated rings. The third kappa shape index (κ3) is 3.14. The number of halogens is 1. The maximum atomic E-state index is 5.99. The van der Waals surface area contributed by atoms with Gasteiger partial charge in [-0.3, -0.25) is 0 Å². The smallest absolute Gasteiger partial charge is 0.0432 e. The molecule has 1 aliphatic heterocycles. The van der Waals surface area contributed by atoms with Gasteiger partial charge in [-0.05, 0) is 48.6 Å². The number of rotatable bonds is 2. The highest BCUT2D eigenvalue weighted by Crippen LogP contribution is 2.30. The molecule has 2 nitrogen and oxygen atoms in total. The molecule has 1 aliphatic rings. The molecule has 0 radical (unpaired) electrons. The lowest BCUT2D eigenvalue weighted by Gasteiger charge is -2.24. The Bertz CT molecular complexity index is 637. The number of fused-ring (bicyclic) bond motifs is 1. The second-order valence-corrected chi connectivity index (χ2v) is 6.64. The zero-order valence-electron chi connectivity index (χ0n) is 12.3. The van der Waals surface area contributed by atoms with Crippen molar-refractivity contribution in [2.24, 2.45) is 5.73 Å². The number of nitrogens with zero attached hydrogens (tertiary/aromatic N) is 1. The van der Waals surface area contributed by atoms with Crippen LogP contribution < -0.4 is 10.6 Å². The van der Waals surface area contributed by atoms with Gasteiger partial charge in [0.05, 0.1) is 0 Å². The van der Waals surface area contributed by atoms with E-state index in [0.29, 0.717) is 0 Å². The Labute approximate surface area is 135 Å². The lowest BCUT2D eigenvalue weighted by atomic mass is 10.0. The van der Waals surface area contributed by atoms with E-state index in [2.05, 4.69) is 63.3 Å². The van der Waals surface area contributed by atoms with E-state index in [1.165, 1.54) is 29.7 Å². The van der Waals surface area contributed by atoms with E-state index in [0.717, 1.165) is 23.1 Å². The molecule has 0 unspecified atom stereocenters. The number of hydrogen-bond acceptors (Lipinski definition) is 2. The third-order valence-electron chi connectivity index (χ3n) is 4.19. The normalized spacial score (nSPS) is 16.2. The van der Waals surface area contributed by atoms with Crippen molar-refractivity contribution in [2.75, 3.05) is 11.4 Å². The number of nitrogens with two attached hydrogens (primary N) is 1. The molecule has 0 saturated heterocycles. The highest BCUT2D eigenvalue weighted by Gasteiger charge is 2.15. The Balaban J connectivity index is 1.89. The van der Waals surface area contributed by atoms with Gasteiger partial charge in [-0.1, -0.05) is 46.3 Å². The summed E-state index contributed by atoms with van der Waals surface area (Å²) in [4.78, 5) is 2.46. The summed E-state index contributed by atoms with van der Waals surface area (Å²) in [5.74, 6) is 0. The predicted molar refractivity (Wildman–Crippen MR) is 92.6 cm³/mol. The summed E-state index contributed by atoms with van der Waals surface area (Å²) in [7, 11) is 0. The molecular weight excluding hydrogens is 324 g/mol. The Kier molecular flexibility index (Phi) is 4.32. The second-order valence-electron chi connectivity index (χ2n) is 5.79. The second kappa shape index (κ2) is 6.20.